The molecule has 158 valence electrons. The smallest absolute Gasteiger partial charge is 0.227 e. The molecule has 1 amide bonds. The number of anilines is 1. The van der Waals surface area contributed by atoms with Crippen molar-refractivity contribution in [1.82, 2.24) is 14.5 Å². The van der Waals surface area contributed by atoms with Gasteiger partial charge in [0.15, 0.2) is 32.3 Å². The summed E-state index contributed by atoms with van der Waals surface area (Å²) in [4.78, 5) is 21.9. The number of carbonyl (C=O) groups is 1. The highest BCUT2D eigenvalue weighted by atomic mass is 32.2. The van der Waals surface area contributed by atoms with Crippen molar-refractivity contribution in [3.8, 4) is 22.2 Å². The molecule has 30 heavy (non-hydrogen) atoms. The van der Waals surface area contributed by atoms with E-state index in [0.29, 0.717) is 29.8 Å². The van der Waals surface area contributed by atoms with E-state index in [9.17, 15) is 13.2 Å². The van der Waals surface area contributed by atoms with Crippen molar-refractivity contribution in [3.63, 3.8) is 0 Å². The third-order valence-corrected chi connectivity index (χ3v) is 7.32. The zero-order chi connectivity index (χ0) is 21.3. The molecule has 0 radical (unpaired) electrons. The quantitative estimate of drug-likeness (QED) is 0.616. The maximum atomic E-state index is 12.6. The van der Waals surface area contributed by atoms with Gasteiger partial charge in [0.05, 0.1) is 21.2 Å². The first-order valence-electron chi connectivity index (χ1n) is 9.21. The average molecular weight is 449 g/mol. The predicted molar refractivity (Wildman–Crippen MR) is 112 cm³/mol. The lowest BCUT2D eigenvalue weighted by atomic mass is 10.3. The van der Waals surface area contributed by atoms with E-state index in [1.54, 1.807) is 12.3 Å². The fourth-order valence-electron chi connectivity index (χ4n) is 2.99. The highest BCUT2D eigenvalue weighted by molar-refractivity contribution is 7.91. The van der Waals surface area contributed by atoms with Crippen LogP contribution in [0.1, 0.15) is 12.1 Å². The molecule has 0 bridgehead atoms. The van der Waals surface area contributed by atoms with Crippen LogP contribution in [0.2, 0.25) is 0 Å². The second kappa shape index (κ2) is 8.07. The average Bonchev–Trinajstić information content (AvgIpc) is 3.30. The van der Waals surface area contributed by atoms with Crippen LogP contribution < -0.4 is 14.8 Å². The number of amides is 1. The molecule has 0 saturated carbocycles. The molecule has 0 atom stereocenters. The van der Waals surface area contributed by atoms with Crippen LogP contribution in [0.4, 0.5) is 5.13 Å². The number of carbonyl (C=O) groups excluding carboxylic acids is 1. The Morgan fingerprint density at radius 3 is 2.77 bits per heavy atom. The molecule has 1 aromatic carbocycles. The van der Waals surface area contributed by atoms with Gasteiger partial charge < -0.3 is 19.4 Å². The van der Waals surface area contributed by atoms with Crippen molar-refractivity contribution in [2.45, 2.75) is 18.2 Å². The maximum Gasteiger partial charge on any atom is 0.227 e. The summed E-state index contributed by atoms with van der Waals surface area (Å²) in [5.41, 5.74) is 0.744. The number of imidazole rings is 1. The van der Waals surface area contributed by atoms with Gasteiger partial charge in [0.1, 0.15) is 13.2 Å². The monoisotopic (exact) mass is 448 g/mol. The first kappa shape index (κ1) is 20.4. The Balaban J connectivity index is 1.41. The summed E-state index contributed by atoms with van der Waals surface area (Å²) in [7, 11) is -1.77. The van der Waals surface area contributed by atoms with Crippen molar-refractivity contribution in [2.75, 3.05) is 24.3 Å². The Morgan fingerprint density at radius 2 is 2.03 bits per heavy atom. The maximum absolute atomic E-state index is 12.6. The third-order valence-electron chi connectivity index (χ3n) is 4.54. The lowest BCUT2D eigenvalue weighted by Crippen LogP contribution is -2.18. The van der Waals surface area contributed by atoms with E-state index in [1.807, 2.05) is 24.7 Å². The van der Waals surface area contributed by atoms with Crippen molar-refractivity contribution in [3.05, 3.63) is 36.3 Å². The number of aromatic nitrogens is 3. The van der Waals surface area contributed by atoms with E-state index in [4.69, 9.17) is 9.47 Å². The van der Waals surface area contributed by atoms with E-state index in [1.165, 1.54) is 23.5 Å². The molecule has 3 aromatic rings. The number of nitrogens with one attached hydrogen (secondary N) is 1. The molecule has 11 heteroatoms. The van der Waals surface area contributed by atoms with Crippen molar-refractivity contribution >= 4 is 32.2 Å². The van der Waals surface area contributed by atoms with E-state index in [0.717, 1.165) is 16.4 Å². The summed E-state index contributed by atoms with van der Waals surface area (Å²) >= 11 is 1.30. The van der Waals surface area contributed by atoms with Gasteiger partial charge in [-0.2, -0.15) is 0 Å². The third kappa shape index (κ3) is 4.17. The lowest BCUT2D eigenvalue weighted by Gasteiger charge is -2.18. The minimum absolute atomic E-state index is 0.0988. The standard InChI is InChI=1S/C19H20N4O5S2/c1-12-17(18-20-6-7-23(18)2)29-19(21-12)22-16(24)5-10-30(25,26)13-3-4-14-15(11-13)28-9-8-27-14/h3-4,6-7,11H,5,8-10H2,1-2H3,(H,21,22,24). The first-order chi connectivity index (χ1) is 14.3. The summed E-state index contributed by atoms with van der Waals surface area (Å²) in [5, 5.41) is 3.09. The van der Waals surface area contributed by atoms with Crippen LogP contribution in [0.25, 0.3) is 10.7 Å². The number of sulfone groups is 1. The number of aryl methyl sites for hydroxylation is 2. The largest absolute Gasteiger partial charge is 0.486 e. The van der Waals surface area contributed by atoms with E-state index >= 15 is 0 Å². The SMILES string of the molecule is Cc1nc(NC(=O)CCS(=O)(=O)c2ccc3c(c2)OCCO3)sc1-c1nccn1C. The number of benzene rings is 1. The number of nitrogens with zero attached hydrogens (tertiary/aromatic N) is 3. The van der Waals surface area contributed by atoms with Gasteiger partial charge in [-0.1, -0.05) is 11.3 Å². The molecule has 9 nitrogen and oxygen atoms in total. The summed E-state index contributed by atoms with van der Waals surface area (Å²) < 4.78 is 38.0. The number of thiazole rings is 1. The molecule has 1 aliphatic heterocycles. The molecular formula is C19H20N4O5S2. The van der Waals surface area contributed by atoms with Crippen LogP contribution in [0.5, 0.6) is 11.5 Å². The molecule has 0 spiro atoms. The van der Waals surface area contributed by atoms with Gasteiger partial charge >= 0.3 is 0 Å². The Hall–Kier alpha value is -2.92. The van der Waals surface area contributed by atoms with Gasteiger partial charge in [0.2, 0.25) is 5.91 Å². The topological polar surface area (TPSA) is 112 Å². The summed E-state index contributed by atoms with van der Waals surface area (Å²) in [6.45, 7) is 2.63. The van der Waals surface area contributed by atoms with E-state index < -0.39 is 15.7 Å². The number of fused-ring (bicyclic) bond motifs is 1. The Morgan fingerprint density at radius 1 is 1.27 bits per heavy atom. The minimum Gasteiger partial charge on any atom is -0.486 e. The van der Waals surface area contributed by atoms with E-state index in [-0.39, 0.29) is 17.1 Å². The Bertz CT molecular complexity index is 1200. The molecule has 0 aliphatic carbocycles. The van der Waals surface area contributed by atoms with Crippen LogP contribution in [0.15, 0.2) is 35.5 Å². The molecule has 1 aliphatic rings. The highest BCUT2D eigenvalue weighted by Crippen LogP contribution is 2.33. The zero-order valence-electron chi connectivity index (χ0n) is 16.4. The van der Waals surface area contributed by atoms with Crippen molar-refractivity contribution < 1.29 is 22.7 Å². The summed E-state index contributed by atoms with van der Waals surface area (Å²) in [6, 6.07) is 4.47. The van der Waals surface area contributed by atoms with Crippen LogP contribution in [0, 0.1) is 6.92 Å². The van der Waals surface area contributed by atoms with Gasteiger partial charge in [-0.25, -0.2) is 18.4 Å². The van der Waals surface area contributed by atoms with Crippen LogP contribution in [0.3, 0.4) is 0 Å². The number of ether oxygens (including phenoxy) is 2. The van der Waals surface area contributed by atoms with Gasteiger partial charge in [-0.15, -0.1) is 0 Å². The minimum atomic E-state index is -3.65. The lowest BCUT2D eigenvalue weighted by molar-refractivity contribution is -0.115. The van der Waals surface area contributed by atoms with Crippen LogP contribution >= 0.6 is 11.3 Å². The number of hydrogen-bond acceptors (Lipinski definition) is 8. The number of rotatable bonds is 6. The van der Waals surface area contributed by atoms with Gasteiger partial charge in [-0.3, -0.25) is 4.79 Å². The first-order valence-corrected chi connectivity index (χ1v) is 11.7. The summed E-state index contributed by atoms with van der Waals surface area (Å²) in [5.74, 6) is 0.921. The molecule has 0 unspecified atom stereocenters. The fraction of sp³-hybridized carbons (Fsp3) is 0.316. The van der Waals surface area contributed by atoms with E-state index in [2.05, 4.69) is 15.3 Å². The predicted octanol–water partition coefficient (Wildman–Crippen LogP) is 2.43. The highest BCUT2D eigenvalue weighted by Gasteiger charge is 2.21. The summed E-state index contributed by atoms with van der Waals surface area (Å²) in [6.07, 6.45) is 3.33. The molecular weight excluding hydrogens is 428 g/mol. The molecule has 1 N–H and O–H groups in total. The van der Waals surface area contributed by atoms with Gasteiger partial charge in [0.25, 0.3) is 0 Å². The molecule has 2 aromatic heterocycles. The normalized spacial score (nSPS) is 13.3. The van der Waals surface area contributed by atoms with Gasteiger partial charge in [0, 0.05) is 31.9 Å². The molecule has 4 rings (SSSR count). The number of hydrogen-bond donors (Lipinski definition) is 1. The van der Waals surface area contributed by atoms with Crippen molar-refractivity contribution in [1.29, 1.82) is 0 Å². The Kier molecular flexibility index (Phi) is 5.48. The zero-order valence-corrected chi connectivity index (χ0v) is 18.0. The molecule has 0 fully saturated rings. The van der Waals surface area contributed by atoms with Crippen molar-refractivity contribution in [2.24, 2.45) is 7.05 Å². The van der Waals surface area contributed by atoms with Gasteiger partial charge in [-0.05, 0) is 19.1 Å². The molecule has 3 heterocycles. The fourth-order valence-corrected chi connectivity index (χ4v) is 5.26. The van der Waals surface area contributed by atoms with Crippen LogP contribution in [-0.4, -0.2) is 47.8 Å². The Labute approximate surface area is 177 Å². The second-order valence-electron chi connectivity index (χ2n) is 6.72. The second-order valence-corrected chi connectivity index (χ2v) is 9.83. The van der Waals surface area contributed by atoms with Crippen LogP contribution in [-0.2, 0) is 21.7 Å². The molecule has 0 saturated heterocycles.